The zero-order valence-electron chi connectivity index (χ0n) is 15.6. The lowest BCUT2D eigenvalue weighted by Crippen LogP contribution is -2.42. The van der Waals surface area contributed by atoms with E-state index in [2.05, 4.69) is 10.6 Å². The molecule has 28 heavy (non-hydrogen) atoms. The Bertz CT molecular complexity index is 870. The van der Waals surface area contributed by atoms with Gasteiger partial charge < -0.3 is 15.4 Å². The maximum Gasteiger partial charge on any atom is 0.309 e. The summed E-state index contributed by atoms with van der Waals surface area (Å²) >= 11 is 0. The largest absolute Gasteiger partial charge is 0.385 e. The van der Waals surface area contributed by atoms with Crippen molar-refractivity contribution in [2.45, 2.75) is 16.6 Å². The molecule has 0 aliphatic heterocycles. The van der Waals surface area contributed by atoms with Crippen molar-refractivity contribution in [1.82, 2.24) is 10.6 Å². The smallest absolute Gasteiger partial charge is 0.309 e. The number of hydrogen-bond donors (Lipinski definition) is 2. The summed E-state index contributed by atoms with van der Waals surface area (Å²) < 4.78 is 31.1. The van der Waals surface area contributed by atoms with Gasteiger partial charge in [-0.3, -0.25) is 9.59 Å². The minimum Gasteiger partial charge on any atom is -0.385 e. The van der Waals surface area contributed by atoms with Crippen LogP contribution >= 0.6 is 0 Å². The molecule has 2 N–H and O–H groups in total. The Balaban J connectivity index is 2.12. The van der Waals surface area contributed by atoms with E-state index in [9.17, 15) is 18.0 Å². The van der Waals surface area contributed by atoms with Gasteiger partial charge in [0.15, 0.2) is 9.84 Å². The summed E-state index contributed by atoms with van der Waals surface area (Å²) in [6.45, 7) is 0.545. The minimum absolute atomic E-state index is 0.155. The molecule has 0 radical (unpaired) electrons. The minimum atomic E-state index is -3.76. The van der Waals surface area contributed by atoms with E-state index < -0.39 is 26.9 Å². The summed E-state index contributed by atoms with van der Waals surface area (Å²) in [4.78, 5) is 24.1. The third kappa shape index (κ3) is 5.90. The fourth-order valence-electron chi connectivity index (χ4n) is 2.61. The molecule has 0 bridgehead atoms. The quantitative estimate of drug-likeness (QED) is 0.487. The lowest BCUT2D eigenvalue weighted by atomic mass is 10.1. The van der Waals surface area contributed by atoms with Gasteiger partial charge in [-0.25, -0.2) is 8.42 Å². The zero-order valence-corrected chi connectivity index (χ0v) is 16.4. The average Bonchev–Trinajstić information content (AvgIpc) is 2.72. The highest BCUT2D eigenvalue weighted by atomic mass is 32.2. The maximum atomic E-state index is 13.1. The van der Waals surface area contributed by atoms with Crippen molar-refractivity contribution in [3.8, 4) is 0 Å². The Morgan fingerprint density at radius 2 is 1.50 bits per heavy atom. The molecule has 0 saturated heterocycles. The molecule has 0 heterocycles. The molecule has 0 unspecified atom stereocenters. The van der Waals surface area contributed by atoms with Gasteiger partial charge in [0.2, 0.25) is 0 Å². The van der Waals surface area contributed by atoms with Gasteiger partial charge in [0.1, 0.15) is 5.25 Å². The fraction of sp³-hybridized carbons (Fsp3) is 0.300. The van der Waals surface area contributed by atoms with Crippen molar-refractivity contribution in [3.63, 3.8) is 0 Å². The summed E-state index contributed by atoms with van der Waals surface area (Å²) in [6.07, 6.45) is 0.574. The molecule has 0 aromatic heterocycles. The van der Waals surface area contributed by atoms with Gasteiger partial charge >= 0.3 is 11.8 Å². The number of methoxy groups -OCH3 is 1. The molecule has 0 saturated carbocycles. The second-order valence-electron chi connectivity index (χ2n) is 6.07. The molecule has 150 valence electrons. The Hall–Kier alpha value is -2.71. The standard InChI is InChI=1S/C20H24N2O5S/c1-27-14-8-13-21-19(23)20(24)22-15-18(16-9-4-2-5-10-16)28(25,26)17-11-6-3-7-12-17/h2-7,9-12,18H,8,13-15H2,1H3,(H,21,23)(H,22,24)/t18-/m1/s1. The van der Waals surface area contributed by atoms with E-state index in [0.29, 0.717) is 25.1 Å². The molecule has 0 fully saturated rings. The molecule has 0 aliphatic rings. The van der Waals surface area contributed by atoms with E-state index in [-0.39, 0.29) is 11.4 Å². The van der Waals surface area contributed by atoms with Crippen LogP contribution in [0.2, 0.25) is 0 Å². The van der Waals surface area contributed by atoms with Crippen LogP contribution in [0.4, 0.5) is 0 Å². The number of ether oxygens (including phenoxy) is 1. The number of sulfone groups is 1. The monoisotopic (exact) mass is 404 g/mol. The molecule has 2 aromatic rings. The van der Waals surface area contributed by atoms with Crippen molar-refractivity contribution in [3.05, 3.63) is 66.2 Å². The Labute approximate surface area is 165 Å². The Kier molecular flexibility index (Phi) is 8.16. The maximum absolute atomic E-state index is 13.1. The van der Waals surface area contributed by atoms with Crippen molar-refractivity contribution in [2.24, 2.45) is 0 Å². The van der Waals surface area contributed by atoms with Crippen molar-refractivity contribution in [2.75, 3.05) is 26.8 Å². The van der Waals surface area contributed by atoms with Crippen LogP contribution in [-0.2, 0) is 24.2 Å². The van der Waals surface area contributed by atoms with E-state index in [1.807, 2.05) is 0 Å². The fourth-order valence-corrected chi connectivity index (χ4v) is 4.30. The Morgan fingerprint density at radius 1 is 0.929 bits per heavy atom. The van der Waals surface area contributed by atoms with E-state index in [1.165, 1.54) is 12.1 Å². The van der Waals surface area contributed by atoms with Crippen molar-refractivity contribution < 1.29 is 22.7 Å². The lowest BCUT2D eigenvalue weighted by molar-refractivity contribution is -0.139. The third-order valence-corrected chi connectivity index (χ3v) is 6.20. The molecule has 2 rings (SSSR count). The molecule has 7 nitrogen and oxygen atoms in total. The number of carbonyl (C=O) groups is 2. The van der Waals surface area contributed by atoms with Crippen LogP contribution < -0.4 is 10.6 Å². The van der Waals surface area contributed by atoms with Crippen molar-refractivity contribution >= 4 is 21.7 Å². The van der Waals surface area contributed by atoms with Crippen LogP contribution in [0.15, 0.2) is 65.6 Å². The van der Waals surface area contributed by atoms with E-state index in [1.54, 1.807) is 55.6 Å². The predicted molar refractivity (Wildman–Crippen MR) is 105 cm³/mol. The second-order valence-corrected chi connectivity index (χ2v) is 8.20. The van der Waals surface area contributed by atoms with Gasteiger partial charge in [0, 0.05) is 26.8 Å². The highest BCUT2D eigenvalue weighted by Gasteiger charge is 2.30. The molecule has 8 heteroatoms. The zero-order chi connectivity index (χ0) is 20.4. The summed E-state index contributed by atoms with van der Waals surface area (Å²) in [6, 6.07) is 16.6. The van der Waals surface area contributed by atoms with Crippen LogP contribution in [0.1, 0.15) is 17.2 Å². The lowest BCUT2D eigenvalue weighted by Gasteiger charge is -2.19. The number of benzene rings is 2. The third-order valence-electron chi connectivity index (χ3n) is 4.08. The van der Waals surface area contributed by atoms with Crippen LogP contribution in [0.25, 0.3) is 0 Å². The van der Waals surface area contributed by atoms with Gasteiger partial charge in [-0.1, -0.05) is 48.5 Å². The van der Waals surface area contributed by atoms with Gasteiger partial charge in [0.05, 0.1) is 4.90 Å². The average molecular weight is 404 g/mol. The first kappa shape index (κ1) is 21.6. The molecule has 0 aliphatic carbocycles. The molecular formula is C20H24N2O5S. The first-order chi connectivity index (χ1) is 13.5. The van der Waals surface area contributed by atoms with Crippen molar-refractivity contribution in [1.29, 1.82) is 0 Å². The summed E-state index contributed by atoms with van der Waals surface area (Å²) in [5, 5.41) is 3.89. The number of nitrogens with one attached hydrogen (secondary N) is 2. The first-order valence-electron chi connectivity index (χ1n) is 8.85. The van der Waals surface area contributed by atoms with E-state index >= 15 is 0 Å². The van der Waals surface area contributed by atoms with Gasteiger partial charge in [0.25, 0.3) is 0 Å². The second kappa shape index (κ2) is 10.6. The van der Waals surface area contributed by atoms with Gasteiger partial charge in [-0.05, 0) is 24.1 Å². The van der Waals surface area contributed by atoms with Crippen LogP contribution in [0.5, 0.6) is 0 Å². The van der Waals surface area contributed by atoms with Crippen LogP contribution in [0, 0.1) is 0 Å². The summed E-state index contributed by atoms with van der Waals surface area (Å²) in [5.74, 6) is -1.68. The molecule has 2 amide bonds. The first-order valence-corrected chi connectivity index (χ1v) is 10.4. The number of rotatable bonds is 9. The normalized spacial score (nSPS) is 12.2. The number of carbonyl (C=O) groups excluding carboxylic acids is 2. The molecular weight excluding hydrogens is 380 g/mol. The van der Waals surface area contributed by atoms with Gasteiger partial charge in [-0.2, -0.15) is 0 Å². The van der Waals surface area contributed by atoms with E-state index in [4.69, 9.17) is 4.74 Å². The molecule has 1 atom stereocenters. The van der Waals surface area contributed by atoms with Crippen LogP contribution in [-0.4, -0.2) is 47.0 Å². The van der Waals surface area contributed by atoms with E-state index in [0.717, 1.165) is 0 Å². The van der Waals surface area contributed by atoms with Crippen LogP contribution in [0.3, 0.4) is 0 Å². The molecule has 2 aromatic carbocycles. The Morgan fingerprint density at radius 3 is 2.11 bits per heavy atom. The summed E-state index contributed by atoms with van der Waals surface area (Å²) in [5.41, 5.74) is 0.534. The molecule has 0 spiro atoms. The highest BCUT2D eigenvalue weighted by molar-refractivity contribution is 7.91. The SMILES string of the molecule is COCCCNC(=O)C(=O)NC[C@H](c1ccccc1)S(=O)(=O)c1ccccc1. The van der Waals surface area contributed by atoms with Gasteiger partial charge in [-0.15, -0.1) is 0 Å². The predicted octanol–water partition coefficient (Wildman–Crippen LogP) is 1.47. The summed E-state index contributed by atoms with van der Waals surface area (Å²) in [7, 11) is -2.22. The highest BCUT2D eigenvalue weighted by Crippen LogP contribution is 2.28. The topological polar surface area (TPSA) is 102 Å². The number of hydrogen-bond acceptors (Lipinski definition) is 5. The number of amides is 2.